The molecule has 2 aromatic rings. The number of rotatable bonds is 6. The van der Waals surface area contributed by atoms with Gasteiger partial charge in [-0.1, -0.05) is 54.1 Å². The number of carbonyl (C=O) groups is 2. The van der Waals surface area contributed by atoms with Crippen molar-refractivity contribution in [2.24, 2.45) is 0 Å². The third-order valence-corrected chi connectivity index (χ3v) is 4.50. The van der Waals surface area contributed by atoms with Crippen molar-refractivity contribution >= 4 is 23.3 Å². The van der Waals surface area contributed by atoms with E-state index in [1.807, 2.05) is 18.2 Å². The Labute approximate surface area is 157 Å². The lowest BCUT2D eigenvalue weighted by Gasteiger charge is -2.32. The second kappa shape index (κ2) is 8.94. The molecule has 26 heavy (non-hydrogen) atoms. The molecular weight excluding hydrogens is 352 g/mol. The van der Waals surface area contributed by atoms with Crippen molar-refractivity contribution in [3.05, 3.63) is 70.7 Å². The summed E-state index contributed by atoms with van der Waals surface area (Å²) in [4.78, 5) is 26.7. The van der Waals surface area contributed by atoms with Gasteiger partial charge in [-0.25, -0.2) is 0 Å². The Hall–Kier alpha value is -2.21. The highest BCUT2D eigenvalue weighted by Gasteiger charge is 2.26. The monoisotopic (exact) mass is 372 g/mol. The van der Waals surface area contributed by atoms with Crippen molar-refractivity contribution in [1.29, 1.82) is 0 Å². The molecule has 1 saturated heterocycles. The normalized spacial score (nSPS) is 17.7. The van der Waals surface area contributed by atoms with E-state index in [9.17, 15) is 9.59 Å². The van der Waals surface area contributed by atoms with Crippen LogP contribution in [0.15, 0.2) is 54.6 Å². The Balaban J connectivity index is 1.50. The molecule has 5 nitrogen and oxygen atoms in total. The number of morpholine rings is 1. The van der Waals surface area contributed by atoms with E-state index in [-0.39, 0.29) is 18.2 Å². The number of nitrogens with zero attached hydrogens (tertiary/aromatic N) is 1. The van der Waals surface area contributed by atoms with Gasteiger partial charge in [-0.2, -0.15) is 0 Å². The second-order valence-corrected chi connectivity index (χ2v) is 6.67. The van der Waals surface area contributed by atoms with E-state index in [1.165, 1.54) is 5.56 Å². The molecule has 1 unspecified atom stereocenters. The van der Waals surface area contributed by atoms with Gasteiger partial charge in [-0.05, 0) is 17.7 Å². The minimum absolute atomic E-state index is 0.0717. The van der Waals surface area contributed by atoms with Crippen LogP contribution >= 0.6 is 11.6 Å². The Morgan fingerprint density at radius 1 is 1.15 bits per heavy atom. The van der Waals surface area contributed by atoms with Crippen molar-refractivity contribution in [2.75, 3.05) is 26.2 Å². The fourth-order valence-electron chi connectivity index (χ4n) is 2.89. The topological polar surface area (TPSA) is 58.6 Å². The quantitative estimate of drug-likeness (QED) is 0.792. The number of ether oxygens (including phenoxy) is 1. The number of amides is 1. The molecule has 0 aromatic heterocycles. The Bertz CT molecular complexity index is 767. The maximum absolute atomic E-state index is 12.4. The molecule has 0 spiro atoms. The van der Waals surface area contributed by atoms with Crippen LogP contribution in [0.25, 0.3) is 0 Å². The molecule has 1 N–H and O–H groups in total. The highest BCUT2D eigenvalue weighted by molar-refractivity contribution is 6.31. The molecule has 3 rings (SSSR count). The summed E-state index contributed by atoms with van der Waals surface area (Å²) in [5.41, 5.74) is 1.68. The predicted octanol–water partition coefficient (Wildman–Crippen LogP) is 2.54. The average molecular weight is 373 g/mol. The van der Waals surface area contributed by atoms with Gasteiger partial charge in [0.05, 0.1) is 13.2 Å². The van der Waals surface area contributed by atoms with Crippen LogP contribution in [-0.2, 0) is 16.1 Å². The molecule has 0 radical (unpaired) electrons. The smallest absolute Gasteiger partial charge is 0.250 e. The van der Waals surface area contributed by atoms with Gasteiger partial charge in [0.15, 0.2) is 5.78 Å². The van der Waals surface area contributed by atoms with Crippen LogP contribution in [0.1, 0.15) is 15.9 Å². The van der Waals surface area contributed by atoms with E-state index in [0.29, 0.717) is 23.7 Å². The molecule has 0 bridgehead atoms. The number of halogens is 1. The summed E-state index contributed by atoms with van der Waals surface area (Å²) in [5, 5.41) is 3.17. The standard InChI is InChI=1S/C20H21ClN2O3/c21-17-8-4-7-16(11-17)18(24)12-22-20(25)19-14-23(9-10-26-19)13-15-5-2-1-3-6-15/h1-8,11,19H,9-10,12-14H2,(H,22,25). The van der Waals surface area contributed by atoms with Crippen molar-refractivity contribution < 1.29 is 14.3 Å². The van der Waals surface area contributed by atoms with Gasteiger partial charge in [-0.15, -0.1) is 0 Å². The van der Waals surface area contributed by atoms with Gasteiger partial charge in [0, 0.05) is 30.2 Å². The molecule has 1 heterocycles. The van der Waals surface area contributed by atoms with Crippen LogP contribution in [0.4, 0.5) is 0 Å². The summed E-state index contributed by atoms with van der Waals surface area (Å²) in [6.45, 7) is 2.48. The molecule has 1 atom stereocenters. The Kier molecular flexibility index (Phi) is 6.39. The van der Waals surface area contributed by atoms with Gasteiger partial charge in [0.1, 0.15) is 6.10 Å². The maximum atomic E-state index is 12.4. The number of Topliss-reactive ketones (excluding diaryl/α,β-unsaturated/α-hetero) is 1. The molecular formula is C20H21ClN2O3. The van der Waals surface area contributed by atoms with Crippen molar-refractivity contribution in [2.45, 2.75) is 12.6 Å². The van der Waals surface area contributed by atoms with E-state index < -0.39 is 6.10 Å². The highest BCUT2D eigenvalue weighted by atomic mass is 35.5. The molecule has 1 fully saturated rings. The zero-order valence-corrected chi connectivity index (χ0v) is 15.1. The zero-order valence-electron chi connectivity index (χ0n) is 14.4. The number of carbonyl (C=O) groups excluding carboxylic acids is 2. The minimum Gasteiger partial charge on any atom is -0.366 e. The predicted molar refractivity (Wildman–Crippen MR) is 100 cm³/mol. The first-order valence-electron chi connectivity index (χ1n) is 8.56. The molecule has 1 amide bonds. The van der Waals surface area contributed by atoms with Crippen LogP contribution in [0.5, 0.6) is 0 Å². The largest absolute Gasteiger partial charge is 0.366 e. The summed E-state index contributed by atoms with van der Waals surface area (Å²) in [5.74, 6) is -0.448. The first-order valence-corrected chi connectivity index (χ1v) is 8.94. The summed E-state index contributed by atoms with van der Waals surface area (Å²) >= 11 is 5.89. The van der Waals surface area contributed by atoms with E-state index >= 15 is 0 Å². The van der Waals surface area contributed by atoms with Crippen LogP contribution in [0.3, 0.4) is 0 Å². The van der Waals surface area contributed by atoms with Gasteiger partial charge in [0.25, 0.3) is 5.91 Å². The third kappa shape index (κ3) is 5.14. The lowest BCUT2D eigenvalue weighted by atomic mass is 10.1. The summed E-state index contributed by atoms with van der Waals surface area (Å²) in [7, 11) is 0. The Morgan fingerprint density at radius 2 is 1.96 bits per heavy atom. The minimum atomic E-state index is -0.570. The molecule has 0 aliphatic carbocycles. The van der Waals surface area contributed by atoms with Crippen LogP contribution in [0, 0.1) is 0 Å². The summed E-state index contributed by atoms with van der Waals surface area (Å²) in [6, 6.07) is 16.8. The second-order valence-electron chi connectivity index (χ2n) is 6.23. The molecule has 6 heteroatoms. The number of nitrogens with one attached hydrogen (secondary N) is 1. The van der Waals surface area contributed by atoms with Crippen molar-refractivity contribution in [3.63, 3.8) is 0 Å². The Morgan fingerprint density at radius 3 is 2.73 bits per heavy atom. The lowest BCUT2D eigenvalue weighted by Crippen LogP contribution is -2.50. The number of hydrogen-bond acceptors (Lipinski definition) is 4. The molecule has 2 aromatic carbocycles. The average Bonchev–Trinajstić information content (AvgIpc) is 2.67. The molecule has 1 aliphatic heterocycles. The fourth-order valence-corrected chi connectivity index (χ4v) is 3.08. The van der Waals surface area contributed by atoms with Crippen LogP contribution in [0.2, 0.25) is 5.02 Å². The van der Waals surface area contributed by atoms with E-state index in [0.717, 1.165) is 13.1 Å². The molecule has 0 saturated carbocycles. The van der Waals surface area contributed by atoms with Gasteiger partial charge in [0.2, 0.25) is 0 Å². The van der Waals surface area contributed by atoms with Crippen LogP contribution in [-0.4, -0.2) is 48.9 Å². The van der Waals surface area contributed by atoms with Gasteiger partial charge in [-0.3, -0.25) is 14.5 Å². The van der Waals surface area contributed by atoms with Gasteiger partial charge >= 0.3 is 0 Å². The summed E-state index contributed by atoms with van der Waals surface area (Å²) in [6.07, 6.45) is -0.570. The maximum Gasteiger partial charge on any atom is 0.250 e. The highest BCUT2D eigenvalue weighted by Crippen LogP contribution is 2.12. The number of hydrogen-bond donors (Lipinski definition) is 1. The van der Waals surface area contributed by atoms with E-state index in [2.05, 4.69) is 22.3 Å². The fraction of sp³-hybridized carbons (Fsp3) is 0.300. The van der Waals surface area contributed by atoms with Crippen molar-refractivity contribution in [3.8, 4) is 0 Å². The number of benzene rings is 2. The SMILES string of the molecule is O=C(CNC(=O)C1CN(Cc2ccccc2)CCO1)c1cccc(Cl)c1. The number of ketones is 1. The van der Waals surface area contributed by atoms with Gasteiger partial charge < -0.3 is 10.1 Å². The van der Waals surface area contributed by atoms with E-state index in [4.69, 9.17) is 16.3 Å². The zero-order chi connectivity index (χ0) is 18.4. The summed E-state index contributed by atoms with van der Waals surface area (Å²) < 4.78 is 5.58. The van der Waals surface area contributed by atoms with Crippen molar-refractivity contribution in [1.82, 2.24) is 10.2 Å². The molecule has 136 valence electrons. The third-order valence-electron chi connectivity index (χ3n) is 4.26. The van der Waals surface area contributed by atoms with Crippen LogP contribution < -0.4 is 5.32 Å². The lowest BCUT2D eigenvalue weighted by molar-refractivity contribution is -0.138. The first-order chi connectivity index (χ1) is 12.6. The first kappa shape index (κ1) is 18.6. The molecule has 1 aliphatic rings. The van der Waals surface area contributed by atoms with E-state index in [1.54, 1.807) is 24.3 Å².